The van der Waals surface area contributed by atoms with E-state index in [0.717, 1.165) is 44.9 Å². The maximum Gasteiger partial charge on any atom is 0.0564 e. The Morgan fingerprint density at radius 2 is 1.71 bits per heavy atom. The van der Waals surface area contributed by atoms with Crippen LogP contribution in [-0.2, 0) is 13.1 Å². The van der Waals surface area contributed by atoms with E-state index in [1.165, 1.54) is 43.2 Å². The van der Waals surface area contributed by atoms with E-state index in [-0.39, 0.29) is 6.10 Å². The summed E-state index contributed by atoms with van der Waals surface area (Å²) in [6, 6.07) is 9.47. The van der Waals surface area contributed by atoms with Gasteiger partial charge in [0.25, 0.3) is 0 Å². The first kappa shape index (κ1) is 17.9. The normalized spacial score (nSPS) is 22.6. The van der Waals surface area contributed by atoms with E-state index in [2.05, 4.69) is 41.4 Å². The molecule has 134 valence electrons. The molecule has 2 fully saturated rings. The molecule has 3 nitrogen and oxygen atoms in total. The lowest BCUT2D eigenvalue weighted by Gasteiger charge is -2.31. The molecule has 0 aromatic heterocycles. The molecule has 3 rings (SSSR count). The number of piperidine rings is 1. The van der Waals surface area contributed by atoms with Crippen molar-refractivity contribution in [2.45, 2.75) is 77.1 Å². The van der Waals surface area contributed by atoms with E-state index < -0.39 is 0 Å². The minimum atomic E-state index is -0.0884. The number of aliphatic hydroxyl groups excluding tert-OH is 1. The molecule has 24 heavy (non-hydrogen) atoms. The molecule has 0 radical (unpaired) electrons. The standard InChI is InChI=1S/C21H34N2O/c1-17(18-7-3-2-4-8-18)22-15-19-9-5-6-10-20(19)16-23-13-11-21(24)12-14-23/h5-6,9-10,17-18,21-22,24H,2-4,7-8,11-16H2,1H3. The third kappa shape index (κ3) is 5.05. The van der Waals surface area contributed by atoms with Crippen molar-refractivity contribution in [3.63, 3.8) is 0 Å². The number of aliphatic hydroxyl groups is 1. The first-order valence-corrected chi connectivity index (χ1v) is 9.93. The Morgan fingerprint density at radius 1 is 1.04 bits per heavy atom. The molecule has 1 aromatic rings. The molecule has 1 aliphatic carbocycles. The van der Waals surface area contributed by atoms with Gasteiger partial charge in [0, 0.05) is 32.2 Å². The van der Waals surface area contributed by atoms with Gasteiger partial charge >= 0.3 is 0 Å². The molecule has 1 aromatic carbocycles. The van der Waals surface area contributed by atoms with E-state index >= 15 is 0 Å². The Morgan fingerprint density at radius 3 is 2.42 bits per heavy atom. The van der Waals surface area contributed by atoms with Crippen LogP contribution in [0.5, 0.6) is 0 Å². The van der Waals surface area contributed by atoms with Gasteiger partial charge in [0.1, 0.15) is 0 Å². The fourth-order valence-electron chi connectivity index (χ4n) is 4.27. The van der Waals surface area contributed by atoms with Gasteiger partial charge in [-0.05, 0) is 49.7 Å². The zero-order valence-corrected chi connectivity index (χ0v) is 15.2. The fraction of sp³-hybridized carbons (Fsp3) is 0.714. The van der Waals surface area contributed by atoms with Gasteiger partial charge in [0.2, 0.25) is 0 Å². The topological polar surface area (TPSA) is 35.5 Å². The van der Waals surface area contributed by atoms with E-state index in [4.69, 9.17) is 0 Å². The predicted octanol–water partition coefficient (Wildman–Crippen LogP) is 3.70. The van der Waals surface area contributed by atoms with Crippen molar-refractivity contribution < 1.29 is 5.11 Å². The molecule has 3 heteroatoms. The smallest absolute Gasteiger partial charge is 0.0564 e. The summed E-state index contributed by atoms with van der Waals surface area (Å²) in [4.78, 5) is 2.48. The van der Waals surface area contributed by atoms with Gasteiger partial charge in [-0.3, -0.25) is 4.90 Å². The van der Waals surface area contributed by atoms with E-state index in [1.54, 1.807) is 0 Å². The number of hydrogen-bond acceptors (Lipinski definition) is 3. The molecule has 0 spiro atoms. The molecule has 1 saturated carbocycles. The van der Waals surface area contributed by atoms with Crippen molar-refractivity contribution in [2.75, 3.05) is 13.1 Å². The van der Waals surface area contributed by atoms with Gasteiger partial charge in [-0.1, -0.05) is 43.5 Å². The third-order valence-corrected chi connectivity index (χ3v) is 6.04. The number of hydrogen-bond donors (Lipinski definition) is 2. The molecule has 2 aliphatic rings. The maximum atomic E-state index is 9.68. The summed E-state index contributed by atoms with van der Waals surface area (Å²) >= 11 is 0. The highest BCUT2D eigenvalue weighted by Crippen LogP contribution is 2.26. The number of benzene rings is 1. The molecule has 0 amide bonds. The Labute approximate surface area is 147 Å². The first-order chi connectivity index (χ1) is 11.7. The molecule has 1 unspecified atom stereocenters. The zero-order valence-electron chi connectivity index (χ0n) is 15.2. The predicted molar refractivity (Wildman–Crippen MR) is 99.8 cm³/mol. The van der Waals surface area contributed by atoms with E-state index in [1.807, 2.05) is 0 Å². The quantitative estimate of drug-likeness (QED) is 0.835. The summed E-state index contributed by atoms with van der Waals surface area (Å²) in [6.45, 7) is 6.39. The van der Waals surface area contributed by atoms with Crippen LogP contribution in [0.4, 0.5) is 0 Å². The van der Waals surface area contributed by atoms with Crippen LogP contribution < -0.4 is 5.32 Å². The molecule has 1 saturated heterocycles. The SMILES string of the molecule is CC(NCc1ccccc1CN1CCC(O)CC1)C1CCCCC1. The number of nitrogens with one attached hydrogen (secondary N) is 1. The Balaban J connectivity index is 1.53. The van der Waals surface area contributed by atoms with Crippen LogP contribution in [0.2, 0.25) is 0 Å². The number of nitrogens with zero attached hydrogens (tertiary/aromatic N) is 1. The monoisotopic (exact) mass is 330 g/mol. The van der Waals surface area contributed by atoms with Crippen LogP contribution in [-0.4, -0.2) is 35.2 Å². The Hall–Kier alpha value is -0.900. The summed E-state index contributed by atoms with van der Waals surface area (Å²) < 4.78 is 0. The molecular formula is C21H34N2O. The lowest BCUT2D eigenvalue weighted by Crippen LogP contribution is -2.36. The first-order valence-electron chi connectivity index (χ1n) is 9.93. The second-order valence-corrected chi connectivity index (χ2v) is 7.84. The molecule has 1 heterocycles. The van der Waals surface area contributed by atoms with Gasteiger partial charge < -0.3 is 10.4 Å². The highest BCUT2D eigenvalue weighted by molar-refractivity contribution is 5.27. The third-order valence-electron chi connectivity index (χ3n) is 6.04. The second kappa shape index (κ2) is 8.98. The van der Waals surface area contributed by atoms with Gasteiger partial charge in [-0.2, -0.15) is 0 Å². The van der Waals surface area contributed by atoms with Crippen molar-refractivity contribution in [3.8, 4) is 0 Å². The van der Waals surface area contributed by atoms with Gasteiger partial charge in [0.15, 0.2) is 0 Å². The van der Waals surface area contributed by atoms with Crippen LogP contribution in [0.25, 0.3) is 0 Å². The van der Waals surface area contributed by atoms with Crippen molar-refractivity contribution in [3.05, 3.63) is 35.4 Å². The van der Waals surface area contributed by atoms with Crippen LogP contribution in [0, 0.1) is 5.92 Å². The summed E-state index contributed by atoms with van der Waals surface area (Å²) in [6.07, 6.45) is 8.78. The van der Waals surface area contributed by atoms with Gasteiger partial charge in [-0.25, -0.2) is 0 Å². The van der Waals surface area contributed by atoms with E-state index in [0.29, 0.717) is 6.04 Å². The van der Waals surface area contributed by atoms with E-state index in [9.17, 15) is 5.11 Å². The molecular weight excluding hydrogens is 296 g/mol. The van der Waals surface area contributed by atoms with Gasteiger partial charge in [0.05, 0.1) is 6.10 Å². The highest BCUT2D eigenvalue weighted by atomic mass is 16.3. The highest BCUT2D eigenvalue weighted by Gasteiger charge is 2.20. The summed E-state index contributed by atoms with van der Waals surface area (Å²) in [5.41, 5.74) is 2.88. The molecule has 1 aliphatic heterocycles. The molecule has 1 atom stereocenters. The number of rotatable bonds is 6. The summed E-state index contributed by atoms with van der Waals surface area (Å²) in [5, 5.41) is 13.5. The van der Waals surface area contributed by atoms with Crippen molar-refractivity contribution in [1.82, 2.24) is 10.2 Å². The lowest BCUT2D eigenvalue weighted by atomic mass is 9.84. The molecule has 2 N–H and O–H groups in total. The minimum Gasteiger partial charge on any atom is -0.393 e. The van der Waals surface area contributed by atoms with Crippen LogP contribution in [0.1, 0.15) is 63.0 Å². The maximum absolute atomic E-state index is 9.68. The van der Waals surface area contributed by atoms with Crippen LogP contribution >= 0.6 is 0 Å². The lowest BCUT2D eigenvalue weighted by molar-refractivity contribution is 0.0791. The average molecular weight is 331 g/mol. The van der Waals surface area contributed by atoms with Crippen LogP contribution in [0.15, 0.2) is 24.3 Å². The average Bonchev–Trinajstić information content (AvgIpc) is 2.63. The summed E-state index contributed by atoms with van der Waals surface area (Å²) in [5.74, 6) is 0.856. The van der Waals surface area contributed by atoms with Crippen molar-refractivity contribution >= 4 is 0 Å². The summed E-state index contributed by atoms with van der Waals surface area (Å²) in [7, 11) is 0. The van der Waals surface area contributed by atoms with Gasteiger partial charge in [-0.15, -0.1) is 0 Å². The number of likely N-dealkylation sites (tertiary alicyclic amines) is 1. The molecule has 0 bridgehead atoms. The minimum absolute atomic E-state index is 0.0884. The second-order valence-electron chi connectivity index (χ2n) is 7.84. The largest absolute Gasteiger partial charge is 0.393 e. The zero-order chi connectivity index (χ0) is 16.8. The van der Waals surface area contributed by atoms with Crippen LogP contribution in [0.3, 0.4) is 0 Å². The van der Waals surface area contributed by atoms with Crippen molar-refractivity contribution in [1.29, 1.82) is 0 Å². The van der Waals surface area contributed by atoms with Crippen molar-refractivity contribution in [2.24, 2.45) is 5.92 Å². The fourth-order valence-corrected chi connectivity index (χ4v) is 4.27. The Kier molecular flexibility index (Phi) is 6.70. The Bertz CT molecular complexity index is 490.